The van der Waals surface area contributed by atoms with Gasteiger partial charge in [-0.15, -0.1) is 0 Å². The molecule has 7 heteroatoms. The van der Waals surface area contributed by atoms with Crippen molar-refractivity contribution in [2.75, 3.05) is 0 Å². The highest BCUT2D eigenvalue weighted by atomic mass is 79.9. The second kappa shape index (κ2) is 5.99. The van der Waals surface area contributed by atoms with E-state index in [4.69, 9.17) is 16.3 Å². The standard InChI is InChI=1S/C12H8BrClN2O3/c13-10-3-2-9(16(17)18)5-11(10)19-7-8-1-4-12(14)15-6-8/h1-6H,7H2. The molecule has 0 aliphatic heterocycles. The second-order valence-electron chi connectivity index (χ2n) is 3.65. The molecule has 0 amide bonds. The van der Waals surface area contributed by atoms with Gasteiger partial charge in [-0.2, -0.15) is 0 Å². The third-order valence-electron chi connectivity index (χ3n) is 2.31. The SMILES string of the molecule is O=[N+]([O-])c1ccc(Br)c(OCc2ccc(Cl)nc2)c1. The summed E-state index contributed by atoms with van der Waals surface area (Å²) in [6.45, 7) is 0.254. The molecule has 0 saturated heterocycles. The lowest BCUT2D eigenvalue weighted by atomic mass is 10.3. The van der Waals surface area contributed by atoms with Crippen LogP contribution in [0, 0.1) is 10.1 Å². The van der Waals surface area contributed by atoms with Crippen molar-refractivity contribution in [2.24, 2.45) is 0 Å². The van der Waals surface area contributed by atoms with E-state index in [1.807, 2.05) is 0 Å². The molecule has 19 heavy (non-hydrogen) atoms. The van der Waals surface area contributed by atoms with Gasteiger partial charge in [0.15, 0.2) is 0 Å². The molecule has 1 heterocycles. The Labute approximate surface area is 122 Å². The maximum absolute atomic E-state index is 10.7. The molecule has 0 aliphatic rings. The van der Waals surface area contributed by atoms with Crippen molar-refractivity contribution in [3.8, 4) is 5.75 Å². The van der Waals surface area contributed by atoms with Crippen LogP contribution in [-0.4, -0.2) is 9.91 Å². The Morgan fingerprint density at radius 3 is 2.79 bits per heavy atom. The first-order chi connectivity index (χ1) is 9.06. The fourth-order valence-electron chi connectivity index (χ4n) is 1.37. The number of nitrogens with zero attached hydrogens (tertiary/aromatic N) is 2. The van der Waals surface area contributed by atoms with Gasteiger partial charge in [0.1, 0.15) is 17.5 Å². The van der Waals surface area contributed by atoms with Crippen LogP contribution in [0.25, 0.3) is 0 Å². The number of nitro groups is 1. The molecule has 0 unspecified atom stereocenters. The van der Waals surface area contributed by atoms with Gasteiger partial charge in [-0.3, -0.25) is 10.1 Å². The van der Waals surface area contributed by atoms with Crippen LogP contribution in [0.1, 0.15) is 5.56 Å². The van der Waals surface area contributed by atoms with Crippen molar-refractivity contribution >= 4 is 33.2 Å². The third kappa shape index (κ3) is 3.65. The van der Waals surface area contributed by atoms with Gasteiger partial charge in [0.25, 0.3) is 5.69 Å². The highest BCUT2D eigenvalue weighted by molar-refractivity contribution is 9.10. The van der Waals surface area contributed by atoms with E-state index >= 15 is 0 Å². The number of ether oxygens (including phenoxy) is 1. The van der Waals surface area contributed by atoms with Gasteiger partial charge < -0.3 is 4.74 Å². The summed E-state index contributed by atoms with van der Waals surface area (Å²) >= 11 is 8.96. The number of rotatable bonds is 4. The molecule has 98 valence electrons. The molecule has 0 saturated carbocycles. The summed E-state index contributed by atoms with van der Waals surface area (Å²) in [6.07, 6.45) is 1.59. The summed E-state index contributed by atoms with van der Waals surface area (Å²) in [5.74, 6) is 0.407. The van der Waals surface area contributed by atoms with Gasteiger partial charge in [0.2, 0.25) is 0 Å². The Balaban J connectivity index is 2.12. The number of hydrogen-bond acceptors (Lipinski definition) is 4. The predicted octanol–water partition coefficient (Wildman–Crippen LogP) is 3.98. The average Bonchev–Trinajstić information content (AvgIpc) is 2.39. The van der Waals surface area contributed by atoms with E-state index in [2.05, 4.69) is 20.9 Å². The first-order valence-electron chi connectivity index (χ1n) is 5.23. The van der Waals surface area contributed by atoms with Crippen LogP contribution in [0.2, 0.25) is 5.15 Å². The Morgan fingerprint density at radius 1 is 1.37 bits per heavy atom. The zero-order valence-electron chi connectivity index (χ0n) is 9.55. The Hall–Kier alpha value is -1.66. The second-order valence-corrected chi connectivity index (χ2v) is 4.89. The van der Waals surface area contributed by atoms with E-state index in [9.17, 15) is 10.1 Å². The molecule has 0 bridgehead atoms. The summed E-state index contributed by atoms with van der Waals surface area (Å²) in [5.41, 5.74) is 0.801. The summed E-state index contributed by atoms with van der Waals surface area (Å²) < 4.78 is 6.17. The molecule has 1 aromatic carbocycles. The fourth-order valence-corrected chi connectivity index (χ4v) is 1.84. The highest BCUT2D eigenvalue weighted by Gasteiger charge is 2.10. The van der Waals surface area contributed by atoms with Gasteiger partial charge in [-0.25, -0.2) is 4.98 Å². The summed E-state index contributed by atoms with van der Waals surface area (Å²) in [7, 11) is 0. The van der Waals surface area contributed by atoms with Crippen molar-refractivity contribution in [1.82, 2.24) is 4.98 Å². The van der Waals surface area contributed by atoms with Crippen molar-refractivity contribution in [3.63, 3.8) is 0 Å². The van der Waals surface area contributed by atoms with E-state index < -0.39 is 4.92 Å². The van der Waals surface area contributed by atoms with E-state index in [1.165, 1.54) is 12.1 Å². The minimum absolute atomic E-state index is 0.0209. The maximum Gasteiger partial charge on any atom is 0.273 e. The van der Waals surface area contributed by atoms with Gasteiger partial charge in [0, 0.05) is 17.8 Å². The van der Waals surface area contributed by atoms with Crippen molar-refractivity contribution in [1.29, 1.82) is 0 Å². The Kier molecular flexibility index (Phi) is 4.34. The third-order valence-corrected chi connectivity index (χ3v) is 3.19. The average molecular weight is 344 g/mol. The van der Waals surface area contributed by atoms with E-state index in [-0.39, 0.29) is 12.3 Å². The number of aromatic nitrogens is 1. The van der Waals surface area contributed by atoms with Gasteiger partial charge in [-0.05, 0) is 28.1 Å². The molecule has 0 radical (unpaired) electrons. The van der Waals surface area contributed by atoms with Crippen molar-refractivity contribution in [2.45, 2.75) is 6.61 Å². The smallest absolute Gasteiger partial charge is 0.273 e. The van der Waals surface area contributed by atoms with Gasteiger partial charge in [-0.1, -0.05) is 17.7 Å². The number of nitro benzene ring substituents is 1. The molecule has 5 nitrogen and oxygen atoms in total. The molecular weight excluding hydrogens is 336 g/mol. The number of halogens is 2. The quantitative estimate of drug-likeness (QED) is 0.478. The van der Waals surface area contributed by atoms with Crippen LogP contribution in [0.15, 0.2) is 41.0 Å². The highest BCUT2D eigenvalue weighted by Crippen LogP contribution is 2.29. The Morgan fingerprint density at radius 2 is 2.16 bits per heavy atom. The zero-order chi connectivity index (χ0) is 13.8. The molecule has 0 spiro atoms. The lowest BCUT2D eigenvalue weighted by Crippen LogP contribution is -1.97. The molecule has 0 fully saturated rings. The number of hydrogen-bond donors (Lipinski definition) is 0. The van der Waals surface area contributed by atoms with Gasteiger partial charge in [0.05, 0.1) is 15.5 Å². The normalized spacial score (nSPS) is 10.2. The maximum atomic E-state index is 10.7. The van der Waals surface area contributed by atoms with E-state index in [0.717, 1.165) is 5.56 Å². The van der Waals surface area contributed by atoms with Crippen LogP contribution >= 0.6 is 27.5 Å². The van der Waals surface area contributed by atoms with Crippen LogP contribution in [0.5, 0.6) is 5.75 Å². The summed E-state index contributed by atoms with van der Waals surface area (Å²) in [6, 6.07) is 7.78. The molecule has 2 rings (SSSR count). The van der Waals surface area contributed by atoms with Crippen molar-refractivity contribution < 1.29 is 9.66 Å². The largest absolute Gasteiger partial charge is 0.487 e. The topological polar surface area (TPSA) is 65.3 Å². The van der Waals surface area contributed by atoms with Crippen molar-refractivity contribution in [3.05, 3.63) is 61.8 Å². The monoisotopic (exact) mass is 342 g/mol. The number of pyridine rings is 1. The van der Waals surface area contributed by atoms with Crippen LogP contribution in [-0.2, 0) is 6.61 Å². The van der Waals surface area contributed by atoms with Crippen LogP contribution in [0.4, 0.5) is 5.69 Å². The molecule has 1 aromatic heterocycles. The molecule has 0 N–H and O–H groups in total. The zero-order valence-corrected chi connectivity index (χ0v) is 11.9. The number of non-ortho nitro benzene ring substituents is 1. The summed E-state index contributed by atoms with van der Waals surface area (Å²) in [4.78, 5) is 14.1. The fraction of sp³-hybridized carbons (Fsp3) is 0.0833. The lowest BCUT2D eigenvalue weighted by Gasteiger charge is -2.07. The lowest BCUT2D eigenvalue weighted by molar-refractivity contribution is -0.385. The minimum Gasteiger partial charge on any atom is -0.487 e. The Bertz CT molecular complexity index is 604. The first-order valence-corrected chi connectivity index (χ1v) is 6.40. The molecule has 0 aliphatic carbocycles. The van der Waals surface area contributed by atoms with Gasteiger partial charge >= 0.3 is 0 Å². The molecular formula is C12H8BrClN2O3. The van der Waals surface area contributed by atoms with Crippen LogP contribution in [0.3, 0.4) is 0 Å². The molecule has 2 aromatic rings. The first kappa shape index (κ1) is 13.8. The minimum atomic E-state index is -0.469. The van der Waals surface area contributed by atoms with E-state index in [1.54, 1.807) is 24.4 Å². The molecule has 0 atom stereocenters. The van der Waals surface area contributed by atoms with Crippen LogP contribution < -0.4 is 4.74 Å². The number of benzene rings is 1. The summed E-state index contributed by atoms with van der Waals surface area (Å²) in [5, 5.41) is 11.1. The predicted molar refractivity (Wildman–Crippen MR) is 74.4 cm³/mol. The van der Waals surface area contributed by atoms with E-state index in [0.29, 0.717) is 15.4 Å².